The predicted molar refractivity (Wildman–Crippen MR) is 126 cm³/mol. The number of sulfone groups is 1. The molecule has 0 aliphatic heterocycles. The van der Waals surface area contributed by atoms with Crippen molar-refractivity contribution in [1.29, 1.82) is 0 Å². The van der Waals surface area contributed by atoms with Gasteiger partial charge < -0.3 is 15.4 Å². The molecule has 3 aromatic carbocycles. The fourth-order valence-corrected chi connectivity index (χ4v) is 4.74. The van der Waals surface area contributed by atoms with E-state index in [2.05, 4.69) is 10.6 Å². The van der Waals surface area contributed by atoms with Crippen LogP contribution in [0.15, 0.2) is 63.0 Å². The highest BCUT2D eigenvalue weighted by Crippen LogP contribution is 2.36. The van der Waals surface area contributed by atoms with Crippen LogP contribution in [-0.2, 0) is 16.0 Å². The normalized spacial score (nSPS) is 18.9. The molecule has 7 nitrogen and oxygen atoms in total. The molecule has 0 atom stereocenters. The Morgan fingerprint density at radius 3 is 2.09 bits per heavy atom. The summed E-state index contributed by atoms with van der Waals surface area (Å²) in [6.45, 7) is 0. The number of anilines is 3. The van der Waals surface area contributed by atoms with Crippen LogP contribution in [-0.4, -0.2) is 26.8 Å². The van der Waals surface area contributed by atoms with E-state index in [9.17, 15) is 31.2 Å². The molecule has 0 amide bonds. The van der Waals surface area contributed by atoms with Gasteiger partial charge in [0.15, 0.2) is 9.84 Å². The summed E-state index contributed by atoms with van der Waals surface area (Å²) in [5, 5.41) is 5.50. The number of nitrogens with one attached hydrogen (secondary N) is 2. The number of rotatable bonds is 7. The lowest BCUT2D eigenvalue weighted by Gasteiger charge is -2.31. The molecule has 186 valence electrons. The standard InChI is InChI=1S/C24H23F3N2O5S/c1-35(32,33)17-12-10-16(11-13-17)34-15-8-6-14(7-9-15)28-20-21(23(31)22(20)30)29-19-5-3-2-4-18(19)24(25,26)27/h2-5,10-15,28-29H,6-9H2,1H3. The Hall–Kier alpha value is -3.34. The minimum Gasteiger partial charge on any atom is -0.490 e. The van der Waals surface area contributed by atoms with Crippen LogP contribution in [0.25, 0.3) is 0 Å². The van der Waals surface area contributed by atoms with Crippen molar-refractivity contribution >= 4 is 26.9 Å². The number of hydrogen-bond donors (Lipinski definition) is 2. The Kier molecular flexibility index (Phi) is 6.63. The molecule has 0 spiro atoms. The third-order valence-corrected chi connectivity index (χ3v) is 7.11. The molecule has 0 heterocycles. The smallest absolute Gasteiger partial charge is 0.418 e. The number of halogens is 3. The molecule has 0 saturated heterocycles. The number of benzene rings is 2. The third kappa shape index (κ3) is 5.50. The monoisotopic (exact) mass is 508 g/mol. The summed E-state index contributed by atoms with van der Waals surface area (Å²) in [5.41, 5.74) is -3.03. The summed E-state index contributed by atoms with van der Waals surface area (Å²) in [7, 11) is -3.29. The van der Waals surface area contributed by atoms with Crippen molar-refractivity contribution in [2.75, 3.05) is 16.9 Å². The van der Waals surface area contributed by atoms with Crippen molar-refractivity contribution in [2.24, 2.45) is 0 Å². The van der Waals surface area contributed by atoms with E-state index in [1.165, 1.54) is 30.3 Å². The highest BCUT2D eigenvalue weighted by atomic mass is 32.2. The second-order valence-corrected chi connectivity index (χ2v) is 10.6. The van der Waals surface area contributed by atoms with Crippen LogP contribution in [0.4, 0.5) is 30.2 Å². The van der Waals surface area contributed by atoms with Gasteiger partial charge in [0.1, 0.15) is 17.1 Å². The van der Waals surface area contributed by atoms with E-state index in [-0.39, 0.29) is 34.1 Å². The molecular formula is C24H23F3N2O5S. The quantitative estimate of drug-likeness (QED) is 0.460. The molecular weight excluding hydrogens is 485 g/mol. The lowest BCUT2D eigenvalue weighted by atomic mass is 9.92. The summed E-state index contributed by atoms with van der Waals surface area (Å²) in [6, 6.07) is 10.8. The zero-order valence-corrected chi connectivity index (χ0v) is 19.5. The van der Waals surface area contributed by atoms with Crippen molar-refractivity contribution < 1.29 is 26.3 Å². The zero-order chi connectivity index (χ0) is 25.4. The van der Waals surface area contributed by atoms with Gasteiger partial charge in [0.2, 0.25) is 0 Å². The first-order valence-corrected chi connectivity index (χ1v) is 12.8. The summed E-state index contributed by atoms with van der Waals surface area (Å²) >= 11 is 0. The Bertz CT molecular complexity index is 1390. The van der Waals surface area contributed by atoms with Gasteiger partial charge in [-0.1, -0.05) is 12.1 Å². The second-order valence-electron chi connectivity index (χ2n) is 8.56. The molecule has 1 saturated carbocycles. The fourth-order valence-electron chi connectivity index (χ4n) is 4.11. The molecule has 0 bridgehead atoms. The molecule has 1 fully saturated rings. The molecule has 2 N–H and O–H groups in total. The summed E-state index contributed by atoms with van der Waals surface area (Å²) in [4.78, 5) is 24.4. The number of para-hydroxylation sites is 1. The van der Waals surface area contributed by atoms with Crippen molar-refractivity contribution in [2.45, 2.75) is 48.9 Å². The molecule has 11 heteroatoms. The number of hydrogen-bond acceptors (Lipinski definition) is 7. The Morgan fingerprint density at radius 2 is 1.49 bits per heavy atom. The van der Waals surface area contributed by atoms with Crippen LogP contribution in [0.5, 0.6) is 5.75 Å². The molecule has 0 aromatic heterocycles. The molecule has 35 heavy (non-hydrogen) atoms. The largest absolute Gasteiger partial charge is 0.490 e. The molecule has 1 aliphatic carbocycles. The average molecular weight is 509 g/mol. The molecule has 4 rings (SSSR count). The first-order chi connectivity index (χ1) is 16.4. The van der Waals surface area contributed by atoms with E-state index in [4.69, 9.17) is 4.74 Å². The van der Waals surface area contributed by atoms with Gasteiger partial charge in [0.05, 0.1) is 22.3 Å². The van der Waals surface area contributed by atoms with E-state index in [0.29, 0.717) is 31.4 Å². The topological polar surface area (TPSA) is 102 Å². The van der Waals surface area contributed by atoms with E-state index < -0.39 is 32.4 Å². The van der Waals surface area contributed by atoms with Crippen molar-refractivity contribution in [1.82, 2.24) is 0 Å². The maximum Gasteiger partial charge on any atom is 0.418 e. The van der Waals surface area contributed by atoms with Crippen LogP contribution >= 0.6 is 0 Å². The van der Waals surface area contributed by atoms with Crippen LogP contribution in [0, 0.1) is 0 Å². The molecule has 0 radical (unpaired) electrons. The summed E-state index contributed by atoms with van der Waals surface area (Å²) < 4.78 is 68.9. The van der Waals surface area contributed by atoms with Gasteiger partial charge in [0.25, 0.3) is 10.9 Å². The molecule has 0 unspecified atom stereocenters. The van der Waals surface area contributed by atoms with Gasteiger partial charge in [-0.05, 0) is 62.1 Å². The first-order valence-electron chi connectivity index (χ1n) is 10.9. The Labute approximate surface area is 199 Å². The fraction of sp³-hybridized carbons (Fsp3) is 0.333. The summed E-state index contributed by atoms with van der Waals surface area (Å²) in [6.07, 6.45) is -1.09. The van der Waals surface area contributed by atoms with Crippen molar-refractivity contribution in [3.63, 3.8) is 0 Å². The second kappa shape index (κ2) is 9.37. The van der Waals surface area contributed by atoms with Crippen LogP contribution in [0.1, 0.15) is 31.2 Å². The van der Waals surface area contributed by atoms with Gasteiger partial charge in [-0.15, -0.1) is 0 Å². The van der Waals surface area contributed by atoms with Crippen molar-refractivity contribution in [3.8, 4) is 5.75 Å². The van der Waals surface area contributed by atoms with E-state index in [1.54, 1.807) is 12.1 Å². The third-order valence-electron chi connectivity index (χ3n) is 5.98. The average Bonchev–Trinajstić information content (AvgIpc) is 2.81. The van der Waals surface area contributed by atoms with Gasteiger partial charge in [-0.2, -0.15) is 13.2 Å². The van der Waals surface area contributed by atoms with E-state index >= 15 is 0 Å². The summed E-state index contributed by atoms with van der Waals surface area (Å²) in [5.74, 6) is 0.547. The maximum atomic E-state index is 13.3. The van der Waals surface area contributed by atoms with Crippen LogP contribution in [0.3, 0.4) is 0 Å². The van der Waals surface area contributed by atoms with E-state index in [1.807, 2.05) is 0 Å². The highest BCUT2D eigenvalue weighted by Gasteiger charge is 2.34. The van der Waals surface area contributed by atoms with Crippen LogP contribution < -0.4 is 26.2 Å². The van der Waals surface area contributed by atoms with E-state index in [0.717, 1.165) is 12.3 Å². The van der Waals surface area contributed by atoms with Crippen molar-refractivity contribution in [3.05, 3.63) is 74.5 Å². The van der Waals surface area contributed by atoms with Gasteiger partial charge in [0, 0.05) is 12.3 Å². The Morgan fingerprint density at radius 1 is 0.886 bits per heavy atom. The predicted octanol–water partition coefficient (Wildman–Crippen LogP) is 4.25. The maximum absolute atomic E-state index is 13.3. The number of ether oxygens (including phenoxy) is 1. The number of alkyl halides is 3. The zero-order valence-electron chi connectivity index (χ0n) is 18.7. The Balaban J connectivity index is 1.37. The van der Waals surface area contributed by atoms with Gasteiger partial charge >= 0.3 is 6.18 Å². The van der Waals surface area contributed by atoms with Gasteiger partial charge in [-0.25, -0.2) is 8.42 Å². The highest BCUT2D eigenvalue weighted by molar-refractivity contribution is 7.90. The molecule has 3 aromatic rings. The lowest BCUT2D eigenvalue weighted by Crippen LogP contribution is -2.40. The minimum absolute atomic E-state index is 0.00675. The first kappa shape index (κ1) is 24.8. The SMILES string of the molecule is CS(=O)(=O)c1ccc(OC2CCC(Nc3c(Nc4ccccc4C(F)(F)F)c(=O)c3=O)CC2)cc1. The molecule has 1 aliphatic rings. The lowest BCUT2D eigenvalue weighted by molar-refractivity contribution is -0.136. The van der Waals surface area contributed by atoms with Crippen LogP contribution in [0.2, 0.25) is 0 Å². The minimum atomic E-state index is -4.61. The van der Waals surface area contributed by atoms with Gasteiger partial charge in [-0.3, -0.25) is 9.59 Å².